The third-order valence-electron chi connectivity index (χ3n) is 2.14. The first-order chi connectivity index (χ1) is 6.50. The Labute approximate surface area is 90.8 Å². The molecule has 3 nitrogen and oxygen atoms in total. The summed E-state index contributed by atoms with van der Waals surface area (Å²) in [7, 11) is 0. The van der Waals surface area contributed by atoms with E-state index in [0.717, 1.165) is 10.0 Å². The van der Waals surface area contributed by atoms with Crippen molar-refractivity contribution >= 4 is 15.9 Å². The number of fused-ring (bicyclic) bond motifs is 1. The maximum absolute atomic E-state index is 9.87. The molecule has 4 heteroatoms. The highest BCUT2D eigenvalue weighted by Gasteiger charge is 2.26. The predicted molar refractivity (Wildman–Crippen MR) is 55.5 cm³/mol. The van der Waals surface area contributed by atoms with Crippen LogP contribution in [0.2, 0.25) is 0 Å². The molecule has 0 spiro atoms. The molecule has 1 aliphatic heterocycles. The molecule has 0 aliphatic carbocycles. The molecule has 0 saturated carbocycles. The monoisotopic (exact) mass is 258 g/mol. The number of ether oxygens (including phenoxy) is 2. The van der Waals surface area contributed by atoms with Crippen LogP contribution in [0.25, 0.3) is 0 Å². The lowest BCUT2D eigenvalue weighted by Gasteiger charge is -2.19. The third-order valence-corrected chi connectivity index (χ3v) is 2.93. The zero-order valence-electron chi connectivity index (χ0n) is 8.00. The highest BCUT2D eigenvalue weighted by atomic mass is 79.9. The van der Waals surface area contributed by atoms with Gasteiger partial charge in [0.1, 0.15) is 0 Å². The average Bonchev–Trinajstić information content (AvgIpc) is 2.50. The van der Waals surface area contributed by atoms with Crippen molar-refractivity contribution in [3.8, 4) is 11.5 Å². The molecular weight excluding hydrogens is 248 g/mol. The summed E-state index contributed by atoms with van der Waals surface area (Å²) in [6.07, 6.45) is 0. The first kappa shape index (κ1) is 9.80. The maximum Gasteiger partial charge on any atom is 0.231 e. The summed E-state index contributed by atoms with van der Waals surface area (Å²) in [5, 5.41) is 9.87. The molecule has 2 rings (SSSR count). The Balaban J connectivity index is 2.56. The normalized spacial score (nSPS) is 14.6. The number of benzene rings is 1. The van der Waals surface area contributed by atoms with Crippen molar-refractivity contribution in [2.75, 3.05) is 6.79 Å². The van der Waals surface area contributed by atoms with Crippen molar-refractivity contribution < 1.29 is 14.6 Å². The fourth-order valence-corrected chi connectivity index (χ4v) is 2.34. The molecule has 1 aliphatic rings. The summed E-state index contributed by atoms with van der Waals surface area (Å²) in [5.41, 5.74) is -0.0958. The van der Waals surface area contributed by atoms with Gasteiger partial charge in [0.25, 0.3) is 0 Å². The predicted octanol–water partition coefficient (Wildman–Crippen LogP) is 2.41. The van der Waals surface area contributed by atoms with Gasteiger partial charge in [-0.2, -0.15) is 0 Å². The van der Waals surface area contributed by atoms with E-state index in [-0.39, 0.29) is 6.79 Å². The van der Waals surface area contributed by atoms with Crippen LogP contribution in [0.5, 0.6) is 11.5 Å². The van der Waals surface area contributed by atoms with E-state index >= 15 is 0 Å². The Hall–Kier alpha value is -0.740. The van der Waals surface area contributed by atoms with E-state index in [0.29, 0.717) is 11.5 Å². The second-order valence-electron chi connectivity index (χ2n) is 3.72. The summed E-state index contributed by atoms with van der Waals surface area (Å²) >= 11 is 3.40. The van der Waals surface area contributed by atoms with E-state index < -0.39 is 5.60 Å². The van der Waals surface area contributed by atoms with Gasteiger partial charge in [0.15, 0.2) is 11.5 Å². The Morgan fingerprint density at radius 2 is 2.07 bits per heavy atom. The molecule has 14 heavy (non-hydrogen) atoms. The number of rotatable bonds is 1. The Bertz CT molecular complexity index is 368. The molecule has 0 bridgehead atoms. The van der Waals surface area contributed by atoms with E-state index in [1.54, 1.807) is 19.9 Å². The van der Waals surface area contributed by atoms with Crippen LogP contribution < -0.4 is 9.47 Å². The number of halogens is 1. The molecular formula is C10H11BrO3. The first-order valence-corrected chi connectivity index (χ1v) is 5.10. The molecule has 0 aromatic heterocycles. The second kappa shape index (κ2) is 3.14. The van der Waals surface area contributed by atoms with Crippen LogP contribution in [0.3, 0.4) is 0 Å². The topological polar surface area (TPSA) is 38.7 Å². The Morgan fingerprint density at radius 1 is 1.36 bits per heavy atom. The molecule has 1 aromatic rings. The van der Waals surface area contributed by atoms with Gasteiger partial charge in [-0.15, -0.1) is 0 Å². The van der Waals surface area contributed by atoms with Crippen LogP contribution in [-0.2, 0) is 5.60 Å². The van der Waals surface area contributed by atoms with E-state index in [2.05, 4.69) is 15.9 Å². The standard InChI is InChI=1S/C10H11BrO3/c1-10(2,12)6-3-4-7-9(8(6)11)14-5-13-7/h3-4,12H,5H2,1-2H3. The molecule has 0 unspecified atom stereocenters. The highest BCUT2D eigenvalue weighted by Crippen LogP contribution is 2.43. The molecule has 76 valence electrons. The van der Waals surface area contributed by atoms with Gasteiger partial charge in [-0.1, -0.05) is 6.07 Å². The summed E-state index contributed by atoms with van der Waals surface area (Å²) in [4.78, 5) is 0. The van der Waals surface area contributed by atoms with Crippen molar-refractivity contribution in [2.24, 2.45) is 0 Å². The number of hydrogen-bond donors (Lipinski definition) is 1. The summed E-state index contributed by atoms with van der Waals surface area (Å²) in [6, 6.07) is 3.64. The smallest absolute Gasteiger partial charge is 0.231 e. The molecule has 0 amide bonds. The zero-order valence-corrected chi connectivity index (χ0v) is 9.59. The molecule has 0 atom stereocenters. The van der Waals surface area contributed by atoms with Crippen molar-refractivity contribution in [3.05, 3.63) is 22.2 Å². The Morgan fingerprint density at radius 3 is 2.71 bits per heavy atom. The lowest BCUT2D eigenvalue weighted by Crippen LogP contribution is -2.16. The van der Waals surface area contributed by atoms with Crippen LogP contribution in [0.4, 0.5) is 0 Å². The van der Waals surface area contributed by atoms with E-state index in [4.69, 9.17) is 9.47 Å². The zero-order chi connectivity index (χ0) is 10.3. The summed E-state index contributed by atoms with van der Waals surface area (Å²) < 4.78 is 11.3. The quantitative estimate of drug-likeness (QED) is 0.841. The van der Waals surface area contributed by atoms with Crippen LogP contribution in [0.15, 0.2) is 16.6 Å². The molecule has 0 saturated heterocycles. The fourth-order valence-electron chi connectivity index (χ4n) is 1.41. The highest BCUT2D eigenvalue weighted by molar-refractivity contribution is 9.10. The van der Waals surface area contributed by atoms with Crippen molar-refractivity contribution in [3.63, 3.8) is 0 Å². The lowest BCUT2D eigenvalue weighted by molar-refractivity contribution is 0.0775. The van der Waals surface area contributed by atoms with Crippen LogP contribution >= 0.6 is 15.9 Å². The van der Waals surface area contributed by atoms with E-state index in [9.17, 15) is 5.11 Å². The minimum absolute atomic E-state index is 0.239. The Kier molecular flexibility index (Phi) is 2.20. The lowest BCUT2D eigenvalue weighted by atomic mass is 9.98. The number of hydrogen-bond acceptors (Lipinski definition) is 3. The van der Waals surface area contributed by atoms with Crippen LogP contribution in [0, 0.1) is 0 Å². The van der Waals surface area contributed by atoms with Crippen molar-refractivity contribution in [2.45, 2.75) is 19.4 Å². The van der Waals surface area contributed by atoms with Gasteiger partial charge in [0.05, 0.1) is 10.1 Å². The van der Waals surface area contributed by atoms with Gasteiger partial charge >= 0.3 is 0 Å². The molecule has 1 aromatic carbocycles. The van der Waals surface area contributed by atoms with Crippen molar-refractivity contribution in [1.29, 1.82) is 0 Å². The van der Waals surface area contributed by atoms with Gasteiger partial charge in [-0.05, 0) is 35.8 Å². The van der Waals surface area contributed by atoms with Crippen LogP contribution in [-0.4, -0.2) is 11.9 Å². The minimum Gasteiger partial charge on any atom is -0.454 e. The molecule has 1 heterocycles. The van der Waals surface area contributed by atoms with Gasteiger partial charge < -0.3 is 14.6 Å². The molecule has 0 fully saturated rings. The average molecular weight is 259 g/mol. The number of aliphatic hydroxyl groups is 1. The molecule has 1 N–H and O–H groups in total. The van der Waals surface area contributed by atoms with Gasteiger partial charge in [0, 0.05) is 5.56 Å². The fraction of sp³-hybridized carbons (Fsp3) is 0.400. The first-order valence-electron chi connectivity index (χ1n) is 4.31. The van der Waals surface area contributed by atoms with E-state index in [1.807, 2.05) is 6.07 Å². The SMILES string of the molecule is CC(C)(O)c1ccc2c(c1Br)OCO2. The van der Waals surface area contributed by atoms with Gasteiger partial charge in [-0.25, -0.2) is 0 Å². The van der Waals surface area contributed by atoms with Crippen molar-refractivity contribution in [1.82, 2.24) is 0 Å². The summed E-state index contributed by atoms with van der Waals surface area (Å²) in [6.45, 7) is 3.70. The van der Waals surface area contributed by atoms with Gasteiger partial charge in [-0.3, -0.25) is 0 Å². The second-order valence-corrected chi connectivity index (χ2v) is 4.51. The van der Waals surface area contributed by atoms with E-state index in [1.165, 1.54) is 0 Å². The maximum atomic E-state index is 9.87. The van der Waals surface area contributed by atoms with Crippen LogP contribution in [0.1, 0.15) is 19.4 Å². The van der Waals surface area contributed by atoms with Gasteiger partial charge in [0.2, 0.25) is 6.79 Å². The third kappa shape index (κ3) is 1.48. The summed E-state index contributed by atoms with van der Waals surface area (Å²) in [5.74, 6) is 1.38. The minimum atomic E-state index is -0.889. The molecule has 0 radical (unpaired) electrons. The largest absolute Gasteiger partial charge is 0.454 e.